The minimum Gasteiger partial charge on any atom is -0.371 e. The molecule has 2 aromatic rings. The summed E-state index contributed by atoms with van der Waals surface area (Å²) in [6.07, 6.45) is 5.53. The quantitative estimate of drug-likeness (QED) is 0.716. The van der Waals surface area contributed by atoms with Crippen LogP contribution in [0.1, 0.15) is 57.9 Å². The summed E-state index contributed by atoms with van der Waals surface area (Å²) in [5.74, 6) is 0.223. The summed E-state index contributed by atoms with van der Waals surface area (Å²) in [5.41, 5.74) is 2.33. The van der Waals surface area contributed by atoms with E-state index in [0.29, 0.717) is 24.3 Å². The number of nitrogens with one attached hydrogen (secondary N) is 1. The molecule has 2 fully saturated rings. The molecule has 166 valence electrons. The van der Waals surface area contributed by atoms with Gasteiger partial charge in [-0.05, 0) is 63.1 Å². The molecule has 8 heteroatoms. The molecule has 0 radical (unpaired) electrons. The maximum atomic E-state index is 12.9. The van der Waals surface area contributed by atoms with Crippen molar-refractivity contribution in [1.29, 1.82) is 0 Å². The van der Waals surface area contributed by atoms with Crippen LogP contribution in [-0.4, -0.2) is 39.8 Å². The Morgan fingerprint density at radius 1 is 1.10 bits per heavy atom. The van der Waals surface area contributed by atoms with Crippen LogP contribution in [0.25, 0.3) is 11.0 Å². The van der Waals surface area contributed by atoms with E-state index in [9.17, 15) is 19.2 Å². The lowest BCUT2D eigenvalue weighted by molar-refractivity contribution is -0.135. The Hall–Kier alpha value is -2.90. The zero-order valence-electron chi connectivity index (χ0n) is 18.2. The lowest BCUT2D eigenvalue weighted by Gasteiger charge is -2.33. The van der Waals surface area contributed by atoms with Crippen LogP contribution in [0, 0.1) is 5.92 Å². The first-order valence-electron chi connectivity index (χ1n) is 11.1. The number of carbonyl (C=O) groups excluding carboxylic acids is 3. The Bertz CT molecular complexity index is 1080. The molecule has 1 N–H and O–H groups in total. The van der Waals surface area contributed by atoms with Crippen molar-refractivity contribution in [2.75, 3.05) is 18.0 Å². The van der Waals surface area contributed by atoms with Crippen molar-refractivity contribution < 1.29 is 14.4 Å². The van der Waals surface area contributed by atoms with Crippen molar-refractivity contribution in [1.82, 2.24) is 14.5 Å². The number of rotatable bonds is 6. The van der Waals surface area contributed by atoms with E-state index in [4.69, 9.17) is 0 Å². The number of ketones is 1. The number of piperidine rings is 2. The fraction of sp³-hybridized carbons (Fsp3) is 0.565. The topological polar surface area (TPSA) is 93.4 Å². The second-order valence-corrected chi connectivity index (χ2v) is 8.88. The van der Waals surface area contributed by atoms with Crippen molar-refractivity contribution >= 4 is 34.3 Å². The van der Waals surface area contributed by atoms with Crippen LogP contribution >= 0.6 is 0 Å². The normalized spacial score (nSPS) is 20.3. The Kier molecular flexibility index (Phi) is 5.98. The van der Waals surface area contributed by atoms with Crippen LogP contribution in [0.5, 0.6) is 0 Å². The molecule has 31 heavy (non-hydrogen) atoms. The van der Waals surface area contributed by atoms with Gasteiger partial charge in [0.15, 0.2) is 0 Å². The second-order valence-electron chi connectivity index (χ2n) is 8.88. The van der Waals surface area contributed by atoms with Gasteiger partial charge < -0.3 is 9.69 Å². The number of amides is 2. The molecular formula is C23H30N4O4. The molecule has 8 nitrogen and oxygen atoms in total. The fourth-order valence-corrected chi connectivity index (χ4v) is 4.90. The second kappa shape index (κ2) is 8.69. The molecule has 1 atom stereocenters. The highest BCUT2D eigenvalue weighted by atomic mass is 16.2. The smallest absolute Gasteiger partial charge is 0.329 e. The molecule has 2 saturated heterocycles. The van der Waals surface area contributed by atoms with Crippen molar-refractivity contribution in [2.24, 2.45) is 13.0 Å². The standard InChI is InChI=1S/C23H30N4O4/c1-15(28)4-3-5-16-10-12-26(13-11-16)17-6-7-18-20(14-17)25(2)23(31)27(18)19-8-9-21(29)24-22(19)30/h6-7,14,16,19H,3-5,8-13H2,1-2H3,(H,24,29,30). The number of fused-ring (bicyclic) bond motifs is 1. The van der Waals surface area contributed by atoms with Gasteiger partial charge in [0.05, 0.1) is 11.0 Å². The zero-order valence-corrected chi connectivity index (χ0v) is 18.2. The Morgan fingerprint density at radius 2 is 1.84 bits per heavy atom. The molecule has 2 amide bonds. The molecular weight excluding hydrogens is 396 g/mol. The van der Waals surface area contributed by atoms with E-state index in [1.54, 1.807) is 18.5 Å². The van der Waals surface area contributed by atoms with Crippen molar-refractivity contribution in [3.63, 3.8) is 0 Å². The summed E-state index contributed by atoms with van der Waals surface area (Å²) >= 11 is 0. The number of imide groups is 1. The number of aromatic nitrogens is 2. The van der Waals surface area contributed by atoms with Crippen LogP contribution in [0.2, 0.25) is 0 Å². The molecule has 2 aliphatic heterocycles. The Morgan fingerprint density at radius 3 is 2.52 bits per heavy atom. The first-order chi connectivity index (χ1) is 14.8. The number of aryl methyl sites for hydroxylation is 1. The van der Waals surface area contributed by atoms with Gasteiger partial charge in [-0.3, -0.25) is 24.0 Å². The van der Waals surface area contributed by atoms with Gasteiger partial charge in [-0.15, -0.1) is 0 Å². The predicted molar refractivity (Wildman–Crippen MR) is 118 cm³/mol. The summed E-state index contributed by atoms with van der Waals surface area (Å²) in [6, 6.07) is 5.29. The molecule has 0 saturated carbocycles. The average molecular weight is 427 g/mol. The maximum Gasteiger partial charge on any atom is 0.329 e. The van der Waals surface area contributed by atoms with Gasteiger partial charge in [-0.25, -0.2) is 4.79 Å². The number of Topliss-reactive ketones (excluding diaryl/α,β-unsaturated/α-hetero) is 1. The van der Waals surface area contributed by atoms with Crippen molar-refractivity contribution in [3.8, 4) is 0 Å². The van der Waals surface area contributed by atoms with Crippen LogP contribution < -0.4 is 15.9 Å². The van der Waals surface area contributed by atoms with E-state index in [0.717, 1.165) is 50.0 Å². The lowest BCUT2D eigenvalue weighted by atomic mass is 9.91. The van der Waals surface area contributed by atoms with Crippen LogP contribution in [0.15, 0.2) is 23.0 Å². The number of benzene rings is 1. The minimum absolute atomic E-state index is 0.235. The minimum atomic E-state index is -0.662. The highest BCUT2D eigenvalue weighted by Crippen LogP contribution is 2.30. The molecule has 0 spiro atoms. The van der Waals surface area contributed by atoms with Gasteiger partial charge in [-0.1, -0.05) is 0 Å². The van der Waals surface area contributed by atoms with E-state index in [1.807, 2.05) is 18.2 Å². The third kappa shape index (κ3) is 4.29. The summed E-state index contributed by atoms with van der Waals surface area (Å²) in [7, 11) is 1.72. The number of hydrogen-bond acceptors (Lipinski definition) is 5. The van der Waals surface area contributed by atoms with Gasteiger partial charge in [-0.2, -0.15) is 0 Å². The third-order valence-electron chi connectivity index (χ3n) is 6.72. The molecule has 1 unspecified atom stereocenters. The fourth-order valence-electron chi connectivity index (χ4n) is 4.90. The van der Waals surface area contributed by atoms with Gasteiger partial charge in [0.25, 0.3) is 0 Å². The monoisotopic (exact) mass is 426 g/mol. The highest BCUT2D eigenvalue weighted by molar-refractivity contribution is 6.00. The zero-order chi connectivity index (χ0) is 22.1. The van der Waals surface area contributed by atoms with E-state index in [2.05, 4.69) is 10.2 Å². The number of imidazole rings is 1. The van der Waals surface area contributed by atoms with E-state index in [1.165, 1.54) is 4.57 Å². The summed E-state index contributed by atoms with van der Waals surface area (Å²) in [5, 5.41) is 2.34. The molecule has 1 aromatic heterocycles. The van der Waals surface area contributed by atoms with Crippen molar-refractivity contribution in [2.45, 2.75) is 57.9 Å². The first kappa shape index (κ1) is 21.3. The Balaban J connectivity index is 1.51. The molecule has 0 aliphatic carbocycles. The first-order valence-corrected chi connectivity index (χ1v) is 11.1. The van der Waals surface area contributed by atoms with Crippen molar-refractivity contribution in [3.05, 3.63) is 28.7 Å². The summed E-state index contributed by atoms with van der Waals surface area (Å²) < 4.78 is 3.10. The van der Waals surface area contributed by atoms with Gasteiger partial charge in [0.2, 0.25) is 11.8 Å². The Labute approximate surface area is 181 Å². The molecule has 3 heterocycles. The van der Waals surface area contributed by atoms with Gasteiger partial charge >= 0.3 is 5.69 Å². The van der Waals surface area contributed by atoms with E-state index < -0.39 is 11.9 Å². The van der Waals surface area contributed by atoms with E-state index in [-0.39, 0.29) is 23.8 Å². The van der Waals surface area contributed by atoms with Gasteiger partial charge in [0.1, 0.15) is 11.8 Å². The molecule has 1 aromatic carbocycles. The van der Waals surface area contributed by atoms with Crippen LogP contribution in [-0.2, 0) is 21.4 Å². The van der Waals surface area contributed by atoms with Crippen LogP contribution in [0.3, 0.4) is 0 Å². The number of anilines is 1. The molecule has 2 aliphatic rings. The SMILES string of the molecule is CC(=O)CCCC1CCN(c2ccc3c(c2)n(C)c(=O)n3C2CCC(=O)NC2=O)CC1. The maximum absolute atomic E-state index is 12.9. The average Bonchev–Trinajstić information content (AvgIpc) is 2.98. The molecule has 0 bridgehead atoms. The predicted octanol–water partition coefficient (Wildman–Crippen LogP) is 2.29. The van der Waals surface area contributed by atoms with E-state index >= 15 is 0 Å². The third-order valence-corrected chi connectivity index (χ3v) is 6.72. The highest BCUT2D eigenvalue weighted by Gasteiger charge is 2.31. The summed E-state index contributed by atoms with van der Waals surface area (Å²) in [6.45, 7) is 3.57. The largest absolute Gasteiger partial charge is 0.371 e. The van der Waals surface area contributed by atoms with Gasteiger partial charge in [0, 0.05) is 38.7 Å². The molecule has 4 rings (SSSR count). The number of carbonyl (C=O) groups is 3. The number of nitrogens with zero attached hydrogens (tertiary/aromatic N) is 3. The number of hydrogen-bond donors (Lipinski definition) is 1. The lowest BCUT2D eigenvalue weighted by Crippen LogP contribution is -2.44. The van der Waals surface area contributed by atoms with Crippen LogP contribution in [0.4, 0.5) is 5.69 Å². The summed E-state index contributed by atoms with van der Waals surface area (Å²) in [4.78, 5) is 50.2.